The highest BCUT2D eigenvalue weighted by Crippen LogP contribution is 2.24. The smallest absolute Gasteiger partial charge is 0.243 e. The van der Waals surface area contributed by atoms with Crippen molar-refractivity contribution in [2.75, 3.05) is 6.54 Å². The van der Waals surface area contributed by atoms with Gasteiger partial charge in [-0.25, -0.2) is 0 Å². The zero-order valence-electron chi connectivity index (χ0n) is 18.9. The molecule has 3 rings (SSSR count). The van der Waals surface area contributed by atoms with Gasteiger partial charge in [0, 0.05) is 19.5 Å². The standard InChI is InChI=1S/C27H28Cl2N2O2/c1-3-30-27(33)25(16-20-10-5-4-6-11-20)31(18-22-12-8-7-9-19(22)2)26(32)17-21-13-14-23(28)24(29)15-21/h4-15,25H,3,16-18H2,1-2H3,(H,30,33)/t25-/m0/s1. The van der Waals surface area contributed by atoms with E-state index in [9.17, 15) is 9.59 Å². The lowest BCUT2D eigenvalue weighted by molar-refractivity contribution is -0.140. The SMILES string of the molecule is CCNC(=O)[C@H](Cc1ccccc1)N(Cc1ccccc1C)C(=O)Cc1ccc(Cl)c(Cl)c1. The molecule has 0 heterocycles. The Hall–Kier alpha value is -2.82. The van der Waals surface area contributed by atoms with Crippen LogP contribution in [0.3, 0.4) is 0 Å². The number of hydrogen-bond donors (Lipinski definition) is 1. The van der Waals surface area contributed by atoms with Gasteiger partial charge in [0.15, 0.2) is 0 Å². The maximum Gasteiger partial charge on any atom is 0.243 e. The van der Waals surface area contributed by atoms with E-state index < -0.39 is 6.04 Å². The summed E-state index contributed by atoms with van der Waals surface area (Å²) in [6.45, 7) is 4.71. The molecule has 2 amide bonds. The summed E-state index contributed by atoms with van der Waals surface area (Å²) in [5, 5.41) is 3.75. The molecule has 0 fully saturated rings. The second-order valence-electron chi connectivity index (χ2n) is 7.97. The molecule has 0 aromatic heterocycles. The van der Waals surface area contributed by atoms with Crippen LogP contribution in [0.4, 0.5) is 0 Å². The molecule has 0 aliphatic carbocycles. The first-order chi connectivity index (χ1) is 15.9. The first-order valence-electron chi connectivity index (χ1n) is 11.0. The zero-order valence-corrected chi connectivity index (χ0v) is 20.4. The molecule has 0 aliphatic rings. The number of rotatable bonds is 9. The molecule has 0 saturated carbocycles. The third-order valence-corrected chi connectivity index (χ3v) is 6.30. The Balaban J connectivity index is 1.97. The third kappa shape index (κ3) is 6.83. The molecular weight excluding hydrogens is 455 g/mol. The van der Waals surface area contributed by atoms with E-state index >= 15 is 0 Å². The van der Waals surface area contributed by atoms with Crippen LogP contribution in [-0.4, -0.2) is 29.3 Å². The summed E-state index contributed by atoms with van der Waals surface area (Å²) >= 11 is 12.2. The Kier molecular flexibility index (Phi) is 8.93. The molecule has 0 bridgehead atoms. The van der Waals surface area contributed by atoms with Crippen molar-refractivity contribution in [1.82, 2.24) is 10.2 Å². The average Bonchev–Trinajstić information content (AvgIpc) is 2.80. The van der Waals surface area contributed by atoms with E-state index in [-0.39, 0.29) is 18.2 Å². The summed E-state index contributed by atoms with van der Waals surface area (Å²) in [5.41, 5.74) is 3.81. The summed E-state index contributed by atoms with van der Waals surface area (Å²) in [6.07, 6.45) is 0.541. The number of hydrogen-bond acceptors (Lipinski definition) is 2. The Bertz CT molecular complexity index is 1100. The summed E-state index contributed by atoms with van der Waals surface area (Å²) in [7, 11) is 0. The maximum atomic E-state index is 13.6. The summed E-state index contributed by atoms with van der Waals surface area (Å²) in [4.78, 5) is 28.5. The zero-order chi connectivity index (χ0) is 23.8. The number of nitrogens with zero attached hydrogens (tertiary/aromatic N) is 1. The van der Waals surface area contributed by atoms with Crippen molar-refractivity contribution in [2.45, 2.75) is 39.3 Å². The quantitative estimate of drug-likeness (QED) is 0.430. The number of carbonyl (C=O) groups is 2. The van der Waals surface area contributed by atoms with Crippen molar-refractivity contribution < 1.29 is 9.59 Å². The molecule has 0 spiro atoms. The van der Waals surface area contributed by atoms with Gasteiger partial charge >= 0.3 is 0 Å². The van der Waals surface area contributed by atoms with E-state index in [0.717, 1.165) is 22.3 Å². The van der Waals surface area contributed by atoms with Crippen LogP contribution in [0, 0.1) is 6.92 Å². The molecule has 172 valence electrons. The highest BCUT2D eigenvalue weighted by atomic mass is 35.5. The van der Waals surface area contributed by atoms with E-state index in [1.807, 2.05) is 68.4 Å². The molecule has 0 aliphatic heterocycles. The van der Waals surface area contributed by atoms with Gasteiger partial charge in [0.1, 0.15) is 6.04 Å². The van der Waals surface area contributed by atoms with Crippen molar-refractivity contribution in [3.8, 4) is 0 Å². The molecule has 1 N–H and O–H groups in total. The van der Waals surface area contributed by atoms with Crippen molar-refractivity contribution in [1.29, 1.82) is 0 Å². The number of amides is 2. The van der Waals surface area contributed by atoms with Crippen LogP contribution >= 0.6 is 23.2 Å². The summed E-state index contributed by atoms with van der Waals surface area (Å²) in [6, 6.07) is 22.2. The van der Waals surface area contributed by atoms with Gasteiger partial charge in [0.2, 0.25) is 11.8 Å². The lowest BCUT2D eigenvalue weighted by Gasteiger charge is -2.32. The topological polar surface area (TPSA) is 49.4 Å². The minimum absolute atomic E-state index is 0.119. The fourth-order valence-electron chi connectivity index (χ4n) is 3.74. The Morgan fingerprint density at radius 1 is 0.909 bits per heavy atom. The molecular formula is C27H28Cl2N2O2. The van der Waals surface area contributed by atoms with E-state index in [2.05, 4.69) is 5.32 Å². The van der Waals surface area contributed by atoms with Crippen LogP contribution in [0.5, 0.6) is 0 Å². The predicted molar refractivity (Wildman–Crippen MR) is 135 cm³/mol. The minimum Gasteiger partial charge on any atom is -0.355 e. The van der Waals surface area contributed by atoms with Crippen LogP contribution in [0.15, 0.2) is 72.8 Å². The second kappa shape index (κ2) is 11.9. The number of aryl methyl sites for hydroxylation is 1. The van der Waals surface area contributed by atoms with Gasteiger partial charge < -0.3 is 10.2 Å². The number of nitrogens with one attached hydrogen (secondary N) is 1. The summed E-state index contributed by atoms with van der Waals surface area (Å²) < 4.78 is 0. The molecule has 6 heteroatoms. The predicted octanol–water partition coefficient (Wildman–Crippen LogP) is 5.62. The van der Waals surface area contributed by atoms with Crippen molar-refractivity contribution in [2.24, 2.45) is 0 Å². The lowest BCUT2D eigenvalue weighted by Crippen LogP contribution is -2.51. The van der Waals surface area contributed by atoms with E-state index in [1.54, 1.807) is 23.1 Å². The molecule has 0 radical (unpaired) electrons. The average molecular weight is 483 g/mol. The summed E-state index contributed by atoms with van der Waals surface area (Å²) in [5.74, 6) is -0.318. The Morgan fingerprint density at radius 2 is 1.61 bits per heavy atom. The fourth-order valence-corrected chi connectivity index (χ4v) is 4.06. The van der Waals surface area contributed by atoms with Crippen LogP contribution in [0.1, 0.15) is 29.2 Å². The number of carbonyl (C=O) groups excluding carboxylic acids is 2. The first-order valence-corrected chi connectivity index (χ1v) is 11.7. The van der Waals surface area contributed by atoms with E-state index in [0.29, 0.717) is 29.6 Å². The minimum atomic E-state index is -0.651. The molecule has 3 aromatic carbocycles. The van der Waals surface area contributed by atoms with Crippen LogP contribution in [0.25, 0.3) is 0 Å². The van der Waals surface area contributed by atoms with Crippen molar-refractivity contribution in [3.05, 3.63) is 105 Å². The molecule has 1 atom stereocenters. The largest absolute Gasteiger partial charge is 0.355 e. The fraction of sp³-hybridized carbons (Fsp3) is 0.259. The van der Waals surface area contributed by atoms with Crippen LogP contribution < -0.4 is 5.32 Å². The number of halogens is 2. The van der Waals surface area contributed by atoms with Gasteiger partial charge in [-0.1, -0.05) is 83.9 Å². The molecule has 0 saturated heterocycles. The molecule has 3 aromatic rings. The van der Waals surface area contributed by atoms with Crippen LogP contribution in [-0.2, 0) is 29.0 Å². The van der Waals surface area contributed by atoms with Crippen LogP contribution in [0.2, 0.25) is 10.0 Å². The Labute approximate surface area is 205 Å². The highest BCUT2D eigenvalue weighted by molar-refractivity contribution is 6.42. The third-order valence-electron chi connectivity index (χ3n) is 5.56. The lowest BCUT2D eigenvalue weighted by atomic mass is 10.0. The van der Waals surface area contributed by atoms with Gasteiger partial charge in [0.25, 0.3) is 0 Å². The molecule has 4 nitrogen and oxygen atoms in total. The first kappa shape index (κ1) is 24.8. The maximum absolute atomic E-state index is 13.6. The Morgan fingerprint density at radius 3 is 2.27 bits per heavy atom. The highest BCUT2D eigenvalue weighted by Gasteiger charge is 2.30. The molecule has 0 unspecified atom stereocenters. The van der Waals surface area contributed by atoms with Gasteiger partial charge in [-0.05, 0) is 48.2 Å². The van der Waals surface area contributed by atoms with Gasteiger partial charge in [-0.3, -0.25) is 9.59 Å². The second-order valence-corrected chi connectivity index (χ2v) is 8.79. The van der Waals surface area contributed by atoms with Gasteiger partial charge in [-0.2, -0.15) is 0 Å². The molecule has 33 heavy (non-hydrogen) atoms. The van der Waals surface area contributed by atoms with Crippen molar-refractivity contribution in [3.63, 3.8) is 0 Å². The number of benzene rings is 3. The number of likely N-dealkylation sites (N-methyl/N-ethyl adjacent to an activating group) is 1. The van der Waals surface area contributed by atoms with Gasteiger partial charge in [-0.15, -0.1) is 0 Å². The van der Waals surface area contributed by atoms with E-state index in [1.165, 1.54) is 0 Å². The van der Waals surface area contributed by atoms with Gasteiger partial charge in [0.05, 0.1) is 16.5 Å². The van der Waals surface area contributed by atoms with E-state index in [4.69, 9.17) is 23.2 Å². The monoisotopic (exact) mass is 482 g/mol. The van der Waals surface area contributed by atoms with Crippen molar-refractivity contribution >= 4 is 35.0 Å². The normalized spacial score (nSPS) is 11.6.